The van der Waals surface area contributed by atoms with Gasteiger partial charge in [-0.05, 0) is 33.2 Å². The fraction of sp³-hybridized carbons (Fsp3) is 0.929. The van der Waals surface area contributed by atoms with Crippen LogP contribution in [-0.2, 0) is 9.53 Å². The van der Waals surface area contributed by atoms with Gasteiger partial charge in [-0.15, -0.1) is 0 Å². The Morgan fingerprint density at radius 1 is 1.18 bits per heavy atom. The largest absolute Gasteiger partial charge is 0.464 e. The summed E-state index contributed by atoms with van der Waals surface area (Å²) in [7, 11) is 0. The van der Waals surface area contributed by atoms with E-state index in [9.17, 15) is 4.79 Å². The number of carbonyl (C=O) groups is 1. The summed E-state index contributed by atoms with van der Waals surface area (Å²) in [6.07, 6.45) is 1.92. The second kappa shape index (κ2) is 13.5. The third-order valence-corrected chi connectivity index (χ3v) is 2.38. The van der Waals surface area contributed by atoms with E-state index in [2.05, 4.69) is 12.2 Å². The normalized spacial score (nSPS) is 9.76. The number of hydrogen-bond donors (Lipinski definition) is 1. The highest BCUT2D eigenvalue weighted by Gasteiger charge is 2.26. The molecule has 106 valence electrons. The van der Waals surface area contributed by atoms with Crippen molar-refractivity contribution in [2.45, 2.75) is 61.8 Å². The molecule has 0 saturated heterocycles. The summed E-state index contributed by atoms with van der Waals surface area (Å²) in [6, 6.07) is 0. The maximum absolute atomic E-state index is 11.5. The summed E-state index contributed by atoms with van der Waals surface area (Å²) in [5.41, 5.74) is -0.343. The number of ether oxygens (including phenoxy) is 1. The quantitative estimate of drug-likeness (QED) is 0.551. The van der Waals surface area contributed by atoms with Gasteiger partial charge in [-0.1, -0.05) is 35.1 Å². The van der Waals surface area contributed by atoms with Crippen LogP contribution in [0, 0.1) is 5.41 Å². The lowest BCUT2D eigenvalue weighted by Gasteiger charge is -2.20. The van der Waals surface area contributed by atoms with Crippen LogP contribution < -0.4 is 5.32 Å². The van der Waals surface area contributed by atoms with Crippen molar-refractivity contribution in [3.63, 3.8) is 0 Å². The molecule has 0 radical (unpaired) electrons. The van der Waals surface area contributed by atoms with Crippen molar-refractivity contribution < 1.29 is 9.53 Å². The molecule has 0 amide bonds. The molecule has 3 heteroatoms. The fourth-order valence-corrected chi connectivity index (χ4v) is 0.857. The van der Waals surface area contributed by atoms with Crippen molar-refractivity contribution in [1.29, 1.82) is 0 Å². The molecule has 0 aromatic rings. The summed E-state index contributed by atoms with van der Waals surface area (Å²) in [5.74, 6) is -0.0988. The topological polar surface area (TPSA) is 38.3 Å². The average Bonchev–Trinajstić information content (AvgIpc) is 2.31. The predicted octanol–water partition coefficient (Wildman–Crippen LogP) is 3.63. The third-order valence-electron chi connectivity index (χ3n) is 2.38. The Morgan fingerprint density at radius 2 is 1.71 bits per heavy atom. The zero-order chi connectivity index (χ0) is 13.0. The average molecular weight is 247 g/mol. The van der Waals surface area contributed by atoms with Crippen molar-refractivity contribution in [3.05, 3.63) is 0 Å². The van der Waals surface area contributed by atoms with Crippen LogP contribution in [0.2, 0.25) is 0 Å². The minimum absolute atomic E-state index is 0. The molecule has 0 aliphatic rings. The number of rotatable bonds is 7. The molecule has 0 rings (SSSR count). The van der Waals surface area contributed by atoms with Gasteiger partial charge in [0.25, 0.3) is 0 Å². The Hall–Kier alpha value is -0.570. The number of nitrogens with one attached hydrogen (secondary N) is 1. The van der Waals surface area contributed by atoms with Crippen molar-refractivity contribution in [1.82, 2.24) is 5.32 Å². The van der Waals surface area contributed by atoms with Gasteiger partial charge >= 0.3 is 5.97 Å². The van der Waals surface area contributed by atoms with Crippen LogP contribution >= 0.6 is 0 Å². The smallest absolute Gasteiger partial charge is 0.311 e. The molecular formula is C14H33NO2. The van der Waals surface area contributed by atoms with Gasteiger partial charge in [0.05, 0.1) is 5.41 Å². The Bertz CT molecular complexity index is 168. The van der Waals surface area contributed by atoms with Crippen LogP contribution in [0.3, 0.4) is 0 Å². The predicted molar refractivity (Wildman–Crippen MR) is 76.3 cm³/mol. The summed E-state index contributed by atoms with van der Waals surface area (Å²) in [5, 5.41) is 3.18. The molecule has 0 aromatic carbocycles. The fourth-order valence-electron chi connectivity index (χ4n) is 0.857. The molecular weight excluding hydrogens is 214 g/mol. The zero-order valence-electron chi connectivity index (χ0n) is 11.9. The Kier molecular flexibility index (Phi) is 17.2. The first-order chi connectivity index (χ1) is 7.54. The minimum Gasteiger partial charge on any atom is -0.464 e. The Labute approximate surface area is 108 Å². The lowest BCUT2D eigenvalue weighted by atomic mass is 9.91. The zero-order valence-corrected chi connectivity index (χ0v) is 11.9. The molecule has 1 N–H and O–H groups in total. The molecule has 0 aromatic heterocycles. The second-order valence-corrected chi connectivity index (χ2v) is 4.12. The van der Waals surface area contributed by atoms with E-state index >= 15 is 0 Å². The second-order valence-electron chi connectivity index (χ2n) is 4.12. The molecule has 0 unspecified atom stereocenters. The number of hydrogen-bond acceptors (Lipinski definition) is 3. The highest BCUT2D eigenvalue weighted by molar-refractivity contribution is 5.75. The monoisotopic (exact) mass is 247 g/mol. The minimum atomic E-state index is -0.343. The van der Waals surface area contributed by atoms with Crippen LogP contribution in [-0.4, -0.2) is 25.7 Å². The highest BCUT2D eigenvalue weighted by atomic mass is 16.5. The van der Waals surface area contributed by atoms with E-state index in [1.807, 2.05) is 34.6 Å². The molecule has 0 aliphatic carbocycles. The van der Waals surface area contributed by atoms with Crippen LogP contribution in [0.15, 0.2) is 0 Å². The summed E-state index contributed by atoms with van der Waals surface area (Å²) < 4.78 is 5.14. The van der Waals surface area contributed by atoms with E-state index < -0.39 is 0 Å². The molecule has 0 heterocycles. The Balaban J connectivity index is -0.000000616. The van der Waals surface area contributed by atoms with Crippen molar-refractivity contribution in [2.24, 2.45) is 5.41 Å². The molecule has 17 heavy (non-hydrogen) atoms. The van der Waals surface area contributed by atoms with Gasteiger partial charge in [0, 0.05) is 6.54 Å². The maximum Gasteiger partial charge on any atom is 0.311 e. The van der Waals surface area contributed by atoms with E-state index in [4.69, 9.17) is 4.74 Å². The van der Waals surface area contributed by atoms with E-state index in [1.165, 1.54) is 0 Å². The summed E-state index contributed by atoms with van der Waals surface area (Å²) >= 11 is 0. The standard InChI is InChI=1S/C11H23NO2.C2H6.CH4/c1-5-7-12-8-9-14-10(13)11(3,4)6-2;1-2;/h12H,5-9H2,1-4H3;1-2H3;1H4. The molecule has 0 spiro atoms. The van der Waals surface area contributed by atoms with E-state index in [0.717, 1.165) is 25.9 Å². The Morgan fingerprint density at radius 3 is 2.12 bits per heavy atom. The van der Waals surface area contributed by atoms with Gasteiger partial charge in [-0.25, -0.2) is 0 Å². The first-order valence-electron chi connectivity index (χ1n) is 6.42. The van der Waals surface area contributed by atoms with E-state index in [1.54, 1.807) is 0 Å². The van der Waals surface area contributed by atoms with Gasteiger partial charge in [0.15, 0.2) is 0 Å². The van der Waals surface area contributed by atoms with Crippen LogP contribution in [0.5, 0.6) is 0 Å². The van der Waals surface area contributed by atoms with Gasteiger partial charge in [0.2, 0.25) is 0 Å². The van der Waals surface area contributed by atoms with Crippen molar-refractivity contribution in [2.75, 3.05) is 19.7 Å². The SMILES string of the molecule is C.CC.CCCNCCOC(=O)C(C)(C)CC. The first kappa shape index (κ1) is 21.7. The van der Waals surface area contributed by atoms with Crippen LogP contribution in [0.1, 0.15) is 61.8 Å². The van der Waals surface area contributed by atoms with Crippen molar-refractivity contribution >= 4 is 5.97 Å². The highest BCUT2D eigenvalue weighted by Crippen LogP contribution is 2.20. The van der Waals surface area contributed by atoms with Crippen molar-refractivity contribution in [3.8, 4) is 0 Å². The molecule has 0 atom stereocenters. The molecule has 3 nitrogen and oxygen atoms in total. The summed E-state index contributed by atoms with van der Waals surface area (Å²) in [4.78, 5) is 11.5. The van der Waals surface area contributed by atoms with Gasteiger partial charge in [-0.2, -0.15) is 0 Å². The molecule has 0 saturated carbocycles. The van der Waals surface area contributed by atoms with Crippen LogP contribution in [0.25, 0.3) is 0 Å². The van der Waals surface area contributed by atoms with E-state index in [-0.39, 0.29) is 18.8 Å². The van der Waals surface area contributed by atoms with Gasteiger partial charge in [0.1, 0.15) is 6.61 Å². The summed E-state index contributed by atoms with van der Waals surface area (Å²) in [6.45, 7) is 14.1. The van der Waals surface area contributed by atoms with Gasteiger partial charge in [-0.3, -0.25) is 4.79 Å². The molecule has 0 bridgehead atoms. The molecule has 0 aliphatic heterocycles. The third kappa shape index (κ3) is 11.7. The first-order valence-corrected chi connectivity index (χ1v) is 6.42. The van der Waals surface area contributed by atoms with Gasteiger partial charge < -0.3 is 10.1 Å². The van der Waals surface area contributed by atoms with Crippen LogP contribution in [0.4, 0.5) is 0 Å². The lowest BCUT2D eigenvalue weighted by molar-refractivity contribution is -0.153. The maximum atomic E-state index is 11.5. The number of carbonyl (C=O) groups excluding carboxylic acids is 1. The number of esters is 1. The van der Waals surface area contributed by atoms with E-state index in [0.29, 0.717) is 6.61 Å². The molecule has 0 fully saturated rings. The lowest BCUT2D eigenvalue weighted by Crippen LogP contribution is -2.29.